The van der Waals surface area contributed by atoms with E-state index in [0.717, 1.165) is 30.5 Å². The average molecular weight is 549 g/mol. The Kier molecular flexibility index (Phi) is 8.80. The Morgan fingerprint density at radius 3 is 2.53 bits per heavy atom. The standard InChI is InChI=1S/C27H31Cl2N3O3S/c1-35-26-13-11-22(32(36(2,33)34)18-19-10-12-23(28)24(29)15-19)16-21(26)17-31-25-9-6-14-30-27(25)20-7-4-3-5-8-20/h3-5,7-8,10-13,15-16,25,27,30-31H,6,9,14,17-18H2,1-2H3. The molecule has 192 valence electrons. The third-order valence-electron chi connectivity index (χ3n) is 6.43. The highest BCUT2D eigenvalue weighted by atomic mass is 35.5. The maximum Gasteiger partial charge on any atom is 0.232 e. The van der Waals surface area contributed by atoms with E-state index < -0.39 is 10.0 Å². The molecule has 2 atom stereocenters. The Hall–Kier alpha value is -2.29. The van der Waals surface area contributed by atoms with Crippen LogP contribution in [0.2, 0.25) is 10.0 Å². The first-order chi connectivity index (χ1) is 17.3. The normalized spacial score (nSPS) is 18.1. The molecule has 0 bridgehead atoms. The Balaban J connectivity index is 1.58. The van der Waals surface area contributed by atoms with Crippen LogP contribution in [0.15, 0.2) is 66.7 Å². The molecule has 2 N–H and O–H groups in total. The van der Waals surface area contributed by atoms with Crippen molar-refractivity contribution in [3.63, 3.8) is 0 Å². The third kappa shape index (κ3) is 6.52. The van der Waals surface area contributed by atoms with Gasteiger partial charge in [-0.2, -0.15) is 0 Å². The van der Waals surface area contributed by atoms with Crippen molar-refractivity contribution in [2.75, 3.05) is 24.2 Å². The van der Waals surface area contributed by atoms with Crippen molar-refractivity contribution in [1.29, 1.82) is 0 Å². The lowest BCUT2D eigenvalue weighted by Gasteiger charge is -2.34. The molecule has 3 aromatic rings. The number of sulfonamides is 1. The van der Waals surface area contributed by atoms with Crippen molar-refractivity contribution in [2.45, 2.75) is 38.0 Å². The van der Waals surface area contributed by atoms with Gasteiger partial charge in [0.25, 0.3) is 0 Å². The molecule has 0 saturated carbocycles. The maximum atomic E-state index is 12.8. The molecule has 1 heterocycles. The summed E-state index contributed by atoms with van der Waals surface area (Å²) in [5.74, 6) is 0.703. The van der Waals surface area contributed by atoms with Crippen molar-refractivity contribution < 1.29 is 13.2 Å². The molecule has 6 nitrogen and oxygen atoms in total. The second-order valence-electron chi connectivity index (χ2n) is 8.99. The monoisotopic (exact) mass is 547 g/mol. The number of anilines is 1. The molecule has 0 aliphatic carbocycles. The fourth-order valence-corrected chi connectivity index (χ4v) is 5.82. The fraction of sp³-hybridized carbons (Fsp3) is 0.333. The lowest BCUT2D eigenvalue weighted by atomic mass is 9.92. The van der Waals surface area contributed by atoms with E-state index in [4.69, 9.17) is 27.9 Å². The number of rotatable bonds is 9. The second kappa shape index (κ2) is 11.8. The first kappa shape index (κ1) is 26.8. The van der Waals surface area contributed by atoms with E-state index >= 15 is 0 Å². The minimum atomic E-state index is -3.57. The lowest BCUT2D eigenvalue weighted by molar-refractivity contribution is 0.303. The van der Waals surface area contributed by atoms with Crippen molar-refractivity contribution in [2.24, 2.45) is 0 Å². The van der Waals surface area contributed by atoms with Crippen LogP contribution >= 0.6 is 23.2 Å². The number of hydrogen-bond acceptors (Lipinski definition) is 5. The molecule has 36 heavy (non-hydrogen) atoms. The van der Waals surface area contributed by atoms with Gasteiger partial charge in [0.2, 0.25) is 10.0 Å². The number of benzene rings is 3. The molecule has 1 saturated heterocycles. The molecule has 1 fully saturated rings. The van der Waals surface area contributed by atoms with Crippen molar-refractivity contribution in [1.82, 2.24) is 10.6 Å². The van der Waals surface area contributed by atoms with Crippen LogP contribution in [0.1, 0.15) is 35.6 Å². The molecule has 3 aromatic carbocycles. The Morgan fingerprint density at radius 1 is 1.06 bits per heavy atom. The van der Waals surface area contributed by atoms with Crippen LogP contribution < -0.4 is 19.7 Å². The van der Waals surface area contributed by atoms with Crippen LogP contribution in [0.5, 0.6) is 5.75 Å². The smallest absolute Gasteiger partial charge is 0.232 e. The topological polar surface area (TPSA) is 70.7 Å². The SMILES string of the molecule is COc1ccc(N(Cc2ccc(Cl)c(Cl)c2)S(C)(=O)=O)cc1CNC1CCCNC1c1ccccc1. The number of methoxy groups -OCH3 is 1. The quantitative estimate of drug-likeness (QED) is 0.367. The molecule has 0 spiro atoms. The van der Waals surface area contributed by atoms with Gasteiger partial charge in [0.1, 0.15) is 5.75 Å². The summed E-state index contributed by atoms with van der Waals surface area (Å²) in [4.78, 5) is 0. The summed E-state index contributed by atoms with van der Waals surface area (Å²) in [6.07, 6.45) is 3.33. The van der Waals surface area contributed by atoms with Gasteiger partial charge in [-0.25, -0.2) is 8.42 Å². The first-order valence-electron chi connectivity index (χ1n) is 11.9. The molecule has 0 radical (unpaired) electrons. The largest absolute Gasteiger partial charge is 0.496 e. The highest BCUT2D eigenvalue weighted by Crippen LogP contribution is 2.30. The van der Waals surface area contributed by atoms with Gasteiger partial charge in [0.15, 0.2) is 0 Å². The molecular weight excluding hydrogens is 517 g/mol. The Morgan fingerprint density at radius 2 is 1.83 bits per heavy atom. The van der Waals surface area contributed by atoms with Crippen LogP contribution in [-0.4, -0.2) is 34.4 Å². The second-order valence-corrected chi connectivity index (χ2v) is 11.7. The summed E-state index contributed by atoms with van der Waals surface area (Å²) < 4.78 is 32.5. The number of nitrogens with one attached hydrogen (secondary N) is 2. The maximum absolute atomic E-state index is 12.8. The van der Waals surface area contributed by atoms with Crippen molar-refractivity contribution in [3.8, 4) is 5.75 Å². The predicted molar refractivity (Wildman–Crippen MR) is 148 cm³/mol. The van der Waals surface area contributed by atoms with E-state index in [1.165, 1.54) is 16.1 Å². The van der Waals surface area contributed by atoms with E-state index in [9.17, 15) is 8.42 Å². The van der Waals surface area contributed by atoms with E-state index in [-0.39, 0.29) is 18.6 Å². The van der Waals surface area contributed by atoms with E-state index in [0.29, 0.717) is 28.0 Å². The van der Waals surface area contributed by atoms with Crippen LogP contribution in [0.25, 0.3) is 0 Å². The first-order valence-corrected chi connectivity index (χ1v) is 14.5. The highest BCUT2D eigenvalue weighted by molar-refractivity contribution is 7.92. The summed E-state index contributed by atoms with van der Waals surface area (Å²) in [7, 11) is -1.95. The minimum absolute atomic E-state index is 0.136. The summed E-state index contributed by atoms with van der Waals surface area (Å²) in [6.45, 7) is 1.66. The van der Waals surface area contributed by atoms with E-state index in [2.05, 4.69) is 34.9 Å². The predicted octanol–water partition coefficient (Wildman–Crippen LogP) is 5.55. The van der Waals surface area contributed by atoms with Gasteiger partial charge in [0, 0.05) is 24.2 Å². The highest BCUT2D eigenvalue weighted by Gasteiger charge is 2.26. The van der Waals surface area contributed by atoms with Gasteiger partial charge < -0.3 is 15.4 Å². The van der Waals surface area contributed by atoms with Crippen molar-refractivity contribution >= 4 is 38.9 Å². The summed E-state index contributed by atoms with van der Waals surface area (Å²) in [5.41, 5.74) is 3.43. The third-order valence-corrected chi connectivity index (χ3v) is 8.31. The zero-order valence-corrected chi connectivity index (χ0v) is 22.7. The van der Waals surface area contributed by atoms with Gasteiger partial charge in [-0.3, -0.25) is 4.31 Å². The van der Waals surface area contributed by atoms with Gasteiger partial charge in [-0.1, -0.05) is 59.6 Å². The Labute approximate surface area is 223 Å². The molecule has 4 rings (SSSR count). The lowest BCUT2D eigenvalue weighted by Crippen LogP contribution is -2.45. The number of halogens is 2. The molecule has 0 amide bonds. The molecule has 1 aliphatic heterocycles. The Bertz CT molecular complexity index is 1290. The van der Waals surface area contributed by atoms with E-state index in [1.54, 1.807) is 31.4 Å². The average Bonchev–Trinajstić information content (AvgIpc) is 2.88. The number of hydrogen-bond donors (Lipinski definition) is 2. The van der Waals surface area contributed by atoms with E-state index in [1.807, 2.05) is 18.2 Å². The molecule has 2 unspecified atom stereocenters. The van der Waals surface area contributed by atoms with Gasteiger partial charge in [-0.15, -0.1) is 0 Å². The number of piperidine rings is 1. The minimum Gasteiger partial charge on any atom is -0.496 e. The van der Waals surface area contributed by atoms with Crippen LogP contribution in [0.4, 0.5) is 5.69 Å². The van der Waals surface area contributed by atoms with Crippen molar-refractivity contribution in [3.05, 3.63) is 93.5 Å². The summed E-state index contributed by atoms with van der Waals surface area (Å²) in [6, 6.07) is 21.4. The summed E-state index contributed by atoms with van der Waals surface area (Å²) >= 11 is 12.2. The summed E-state index contributed by atoms with van der Waals surface area (Å²) in [5, 5.41) is 8.13. The van der Waals surface area contributed by atoms with Gasteiger partial charge in [-0.05, 0) is 60.8 Å². The molecule has 1 aliphatic rings. The van der Waals surface area contributed by atoms with Crippen LogP contribution in [0, 0.1) is 0 Å². The molecule has 0 aromatic heterocycles. The zero-order chi connectivity index (χ0) is 25.7. The molecular formula is C27H31Cl2N3O3S. The molecule has 9 heteroatoms. The van der Waals surface area contributed by atoms with Gasteiger partial charge >= 0.3 is 0 Å². The van der Waals surface area contributed by atoms with Crippen LogP contribution in [-0.2, 0) is 23.1 Å². The van der Waals surface area contributed by atoms with Gasteiger partial charge in [0.05, 0.1) is 35.6 Å². The zero-order valence-electron chi connectivity index (χ0n) is 20.4. The number of ether oxygens (including phenoxy) is 1. The fourth-order valence-electron chi connectivity index (χ4n) is 4.62. The number of nitrogens with zero attached hydrogens (tertiary/aromatic N) is 1. The van der Waals surface area contributed by atoms with Crippen LogP contribution in [0.3, 0.4) is 0 Å².